The second-order valence-corrected chi connectivity index (χ2v) is 4.57. The van der Waals surface area contributed by atoms with Gasteiger partial charge in [0.05, 0.1) is 0 Å². The Hall–Kier alpha value is -1.30. The Kier molecular flexibility index (Phi) is 11.0. The molecule has 19 heavy (non-hydrogen) atoms. The molecule has 0 fully saturated rings. The first-order valence-electron chi connectivity index (χ1n) is 6.99. The van der Waals surface area contributed by atoms with Crippen molar-refractivity contribution < 1.29 is 19.8 Å². The first-order valence-corrected chi connectivity index (χ1v) is 6.99. The molecule has 6 nitrogen and oxygen atoms in total. The maximum Gasteiger partial charge on any atom is 0.326 e. The number of carbonyl (C=O) groups excluding carboxylic acids is 1. The molecule has 0 unspecified atom stereocenters. The third-order valence-electron chi connectivity index (χ3n) is 2.84. The zero-order chi connectivity index (χ0) is 14.5. The van der Waals surface area contributed by atoms with Gasteiger partial charge in [0.2, 0.25) is 0 Å². The maximum absolute atomic E-state index is 11.4. The van der Waals surface area contributed by atoms with Gasteiger partial charge < -0.3 is 20.8 Å². The van der Waals surface area contributed by atoms with Gasteiger partial charge in [0.25, 0.3) is 0 Å². The van der Waals surface area contributed by atoms with Crippen LogP contribution in [0.1, 0.15) is 51.9 Å². The van der Waals surface area contributed by atoms with Crippen LogP contribution in [-0.4, -0.2) is 41.4 Å². The van der Waals surface area contributed by atoms with E-state index in [1.165, 1.54) is 25.7 Å². The minimum atomic E-state index is -1.14. The van der Waals surface area contributed by atoms with E-state index in [-0.39, 0.29) is 13.0 Å². The number of rotatable bonds is 11. The number of aliphatic hydroxyl groups excluding tert-OH is 1. The SMILES string of the molecule is CCCCCCCCNC(=O)N[C@H](CCO)C(=O)O. The number of carboxylic acids is 1. The summed E-state index contributed by atoms with van der Waals surface area (Å²) in [7, 11) is 0. The van der Waals surface area contributed by atoms with Crippen molar-refractivity contribution in [3.63, 3.8) is 0 Å². The van der Waals surface area contributed by atoms with Crippen molar-refractivity contribution in [1.29, 1.82) is 0 Å². The van der Waals surface area contributed by atoms with Crippen molar-refractivity contribution >= 4 is 12.0 Å². The molecule has 0 heterocycles. The van der Waals surface area contributed by atoms with Crippen molar-refractivity contribution in [2.75, 3.05) is 13.2 Å². The van der Waals surface area contributed by atoms with Gasteiger partial charge in [-0.2, -0.15) is 0 Å². The molecule has 0 aliphatic carbocycles. The van der Waals surface area contributed by atoms with E-state index < -0.39 is 18.0 Å². The fraction of sp³-hybridized carbons (Fsp3) is 0.846. The fourth-order valence-electron chi connectivity index (χ4n) is 1.70. The molecule has 0 saturated heterocycles. The molecule has 0 aliphatic rings. The van der Waals surface area contributed by atoms with Gasteiger partial charge in [-0.3, -0.25) is 0 Å². The highest BCUT2D eigenvalue weighted by atomic mass is 16.4. The van der Waals surface area contributed by atoms with Gasteiger partial charge in [-0.15, -0.1) is 0 Å². The quantitative estimate of drug-likeness (QED) is 0.429. The lowest BCUT2D eigenvalue weighted by Crippen LogP contribution is -2.46. The summed E-state index contributed by atoms with van der Waals surface area (Å²) >= 11 is 0. The zero-order valence-electron chi connectivity index (χ0n) is 11.7. The molecule has 112 valence electrons. The number of unbranched alkanes of at least 4 members (excludes halogenated alkanes) is 5. The number of aliphatic hydroxyl groups is 1. The van der Waals surface area contributed by atoms with E-state index in [0.29, 0.717) is 6.54 Å². The molecule has 6 heteroatoms. The van der Waals surface area contributed by atoms with Gasteiger partial charge in [0, 0.05) is 19.6 Å². The smallest absolute Gasteiger partial charge is 0.326 e. The summed E-state index contributed by atoms with van der Waals surface area (Å²) in [5.74, 6) is -1.14. The van der Waals surface area contributed by atoms with Crippen LogP contribution in [0.3, 0.4) is 0 Å². The first kappa shape index (κ1) is 17.7. The molecule has 0 spiro atoms. The van der Waals surface area contributed by atoms with E-state index in [4.69, 9.17) is 10.2 Å². The number of urea groups is 1. The summed E-state index contributed by atoms with van der Waals surface area (Å²) in [6.07, 6.45) is 6.82. The Morgan fingerprint density at radius 2 is 1.74 bits per heavy atom. The molecule has 4 N–H and O–H groups in total. The summed E-state index contributed by atoms with van der Waals surface area (Å²) < 4.78 is 0. The van der Waals surface area contributed by atoms with Crippen molar-refractivity contribution in [3.8, 4) is 0 Å². The molecular formula is C13H26N2O4. The molecule has 0 aromatic rings. The summed E-state index contributed by atoms with van der Waals surface area (Å²) in [5, 5.41) is 22.4. The summed E-state index contributed by atoms with van der Waals surface area (Å²) in [4.78, 5) is 22.1. The van der Waals surface area contributed by atoms with Crippen LogP contribution in [0, 0.1) is 0 Å². The molecule has 2 amide bonds. The Labute approximate surface area is 114 Å². The van der Waals surface area contributed by atoms with E-state index in [9.17, 15) is 9.59 Å². The van der Waals surface area contributed by atoms with Crippen LogP contribution in [0.15, 0.2) is 0 Å². The molecular weight excluding hydrogens is 248 g/mol. The van der Waals surface area contributed by atoms with Crippen molar-refractivity contribution in [2.45, 2.75) is 57.9 Å². The third kappa shape index (κ3) is 10.3. The van der Waals surface area contributed by atoms with Gasteiger partial charge in [-0.1, -0.05) is 39.0 Å². The Balaban J connectivity index is 3.60. The van der Waals surface area contributed by atoms with E-state index in [2.05, 4.69) is 17.6 Å². The molecule has 1 atom stereocenters. The lowest BCUT2D eigenvalue weighted by Gasteiger charge is -2.13. The van der Waals surface area contributed by atoms with Crippen LogP contribution in [0.5, 0.6) is 0 Å². The van der Waals surface area contributed by atoms with Crippen molar-refractivity contribution in [1.82, 2.24) is 10.6 Å². The third-order valence-corrected chi connectivity index (χ3v) is 2.84. The fourth-order valence-corrected chi connectivity index (χ4v) is 1.70. The Bertz CT molecular complexity index is 259. The van der Waals surface area contributed by atoms with Gasteiger partial charge in [0.1, 0.15) is 6.04 Å². The summed E-state index contributed by atoms with van der Waals surface area (Å²) in [6, 6.07) is -1.52. The molecule has 0 rings (SSSR count). The molecule has 0 saturated carbocycles. The number of aliphatic carboxylic acids is 1. The van der Waals surface area contributed by atoms with E-state index in [0.717, 1.165) is 12.8 Å². The second-order valence-electron chi connectivity index (χ2n) is 4.57. The van der Waals surface area contributed by atoms with Crippen LogP contribution in [0.2, 0.25) is 0 Å². The number of hydrogen-bond donors (Lipinski definition) is 4. The highest BCUT2D eigenvalue weighted by Crippen LogP contribution is 2.03. The van der Waals surface area contributed by atoms with Gasteiger partial charge in [0.15, 0.2) is 0 Å². The molecule has 0 radical (unpaired) electrons. The van der Waals surface area contributed by atoms with Gasteiger partial charge in [-0.25, -0.2) is 9.59 Å². The average molecular weight is 274 g/mol. The normalized spacial score (nSPS) is 11.9. The van der Waals surface area contributed by atoms with Gasteiger partial charge in [-0.05, 0) is 6.42 Å². The zero-order valence-corrected chi connectivity index (χ0v) is 11.7. The van der Waals surface area contributed by atoms with Crippen LogP contribution in [0.25, 0.3) is 0 Å². The van der Waals surface area contributed by atoms with E-state index in [1.54, 1.807) is 0 Å². The number of carbonyl (C=O) groups is 2. The number of amides is 2. The highest BCUT2D eigenvalue weighted by molar-refractivity contribution is 5.82. The lowest BCUT2D eigenvalue weighted by atomic mass is 10.1. The van der Waals surface area contributed by atoms with Crippen LogP contribution < -0.4 is 10.6 Å². The largest absolute Gasteiger partial charge is 0.480 e. The predicted molar refractivity (Wildman–Crippen MR) is 73.0 cm³/mol. The minimum Gasteiger partial charge on any atom is -0.480 e. The summed E-state index contributed by atoms with van der Waals surface area (Å²) in [6.45, 7) is 2.44. The first-order chi connectivity index (χ1) is 9.11. The van der Waals surface area contributed by atoms with Crippen molar-refractivity contribution in [2.24, 2.45) is 0 Å². The van der Waals surface area contributed by atoms with Crippen LogP contribution >= 0.6 is 0 Å². The predicted octanol–water partition coefficient (Wildman–Crippen LogP) is 1.48. The maximum atomic E-state index is 11.4. The second kappa shape index (κ2) is 11.8. The standard InChI is InChI=1S/C13H26N2O4/c1-2-3-4-5-6-7-9-14-13(19)15-11(8-10-16)12(17)18/h11,16H,2-10H2,1H3,(H,17,18)(H2,14,15,19)/t11-/m1/s1. The molecule has 0 aromatic heterocycles. The molecule has 0 bridgehead atoms. The Morgan fingerprint density at radius 3 is 2.32 bits per heavy atom. The van der Waals surface area contributed by atoms with Crippen LogP contribution in [0.4, 0.5) is 4.79 Å². The summed E-state index contributed by atoms with van der Waals surface area (Å²) in [5.41, 5.74) is 0. The van der Waals surface area contributed by atoms with E-state index >= 15 is 0 Å². The van der Waals surface area contributed by atoms with Crippen molar-refractivity contribution in [3.05, 3.63) is 0 Å². The minimum absolute atomic E-state index is 0.0137. The highest BCUT2D eigenvalue weighted by Gasteiger charge is 2.18. The molecule has 0 aliphatic heterocycles. The number of nitrogens with one attached hydrogen (secondary N) is 2. The monoisotopic (exact) mass is 274 g/mol. The van der Waals surface area contributed by atoms with E-state index in [1.807, 2.05) is 0 Å². The lowest BCUT2D eigenvalue weighted by molar-refractivity contribution is -0.139. The van der Waals surface area contributed by atoms with Gasteiger partial charge >= 0.3 is 12.0 Å². The molecule has 0 aromatic carbocycles. The topological polar surface area (TPSA) is 98.7 Å². The number of carboxylic acid groups (broad SMARTS) is 1. The Morgan fingerprint density at radius 1 is 1.11 bits per heavy atom. The average Bonchev–Trinajstić information content (AvgIpc) is 2.37. The number of hydrogen-bond acceptors (Lipinski definition) is 3. The van der Waals surface area contributed by atoms with Crippen LogP contribution in [-0.2, 0) is 4.79 Å².